The van der Waals surface area contributed by atoms with E-state index in [1.165, 1.54) is 4.88 Å². The highest BCUT2D eigenvalue weighted by atomic mass is 32.1. The molecular formula is C25H24N2O3S. The number of rotatable bonds is 5. The van der Waals surface area contributed by atoms with Gasteiger partial charge in [0, 0.05) is 48.7 Å². The van der Waals surface area contributed by atoms with Crippen LogP contribution in [0.1, 0.15) is 31.2 Å². The first-order valence-electron chi connectivity index (χ1n) is 10.5. The Hall–Kier alpha value is -2.80. The maximum atomic E-state index is 13.9. The minimum Gasteiger partial charge on any atom is -0.497 e. The van der Waals surface area contributed by atoms with Crippen LogP contribution in [0.15, 0.2) is 66.0 Å². The molecule has 1 aliphatic heterocycles. The molecule has 0 amide bonds. The third-order valence-electron chi connectivity index (χ3n) is 6.37. The van der Waals surface area contributed by atoms with Crippen molar-refractivity contribution >= 4 is 22.9 Å². The zero-order valence-electron chi connectivity index (χ0n) is 17.4. The van der Waals surface area contributed by atoms with Crippen LogP contribution in [-0.4, -0.2) is 54.7 Å². The fraction of sp³-hybridized carbons (Fsp3) is 0.280. The predicted molar refractivity (Wildman–Crippen MR) is 121 cm³/mol. The molecule has 0 atom stereocenters. The second-order valence-corrected chi connectivity index (χ2v) is 9.02. The summed E-state index contributed by atoms with van der Waals surface area (Å²) >= 11 is 1.76. The lowest BCUT2D eigenvalue weighted by Gasteiger charge is -2.44. The van der Waals surface area contributed by atoms with Gasteiger partial charge in [0.25, 0.3) is 0 Å². The van der Waals surface area contributed by atoms with Gasteiger partial charge in [-0.25, -0.2) is 0 Å². The molecule has 0 saturated carbocycles. The molecule has 1 aromatic heterocycles. The molecule has 1 fully saturated rings. The van der Waals surface area contributed by atoms with Crippen molar-refractivity contribution in [2.75, 3.05) is 33.3 Å². The van der Waals surface area contributed by atoms with E-state index in [0.717, 1.165) is 19.6 Å². The van der Waals surface area contributed by atoms with E-state index in [-0.39, 0.29) is 11.6 Å². The number of methoxy groups -OCH3 is 1. The van der Waals surface area contributed by atoms with Crippen LogP contribution in [0.4, 0.5) is 0 Å². The highest BCUT2D eigenvalue weighted by Gasteiger charge is 2.58. The molecule has 2 aliphatic rings. The lowest BCUT2D eigenvalue weighted by Crippen LogP contribution is -2.60. The van der Waals surface area contributed by atoms with Crippen molar-refractivity contribution in [1.82, 2.24) is 9.80 Å². The van der Waals surface area contributed by atoms with Crippen molar-refractivity contribution < 1.29 is 14.3 Å². The summed E-state index contributed by atoms with van der Waals surface area (Å²) in [5.74, 6) is 0.380. The third kappa shape index (κ3) is 3.22. The van der Waals surface area contributed by atoms with E-state index in [1.54, 1.807) is 30.6 Å². The number of thiophene rings is 1. The SMILES string of the molecule is COc1cccc(C2(N3CCN(Cc4cccs4)CC3)C(=O)c3ccccc3C2=O)c1. The highest BCUT2D eigenvalue weighted by Crippen LogP contribution is 2.43. The van der Waals surface area contributed by atoms with E-state index in [1.807, 2.05) is 36.4 Å². The number of piperazine rings is 1. The Balaban J connectivity index is 1.52. The van der Waals surface area contributed by atoms with Crippen molar-refractivity contribution in [3.8, 4) is 5.75 Å². The van der Waals surface area contributed by atoms with E-state index in [2.05, 4.69) is 27.3 Å². The fourth-order valence-electron chi connectivity index (χ4n) is 4.82. The van der Waals surface area contributed by atoms with Gasteiger partial charge >= 0.3 is 0 Å². The zero-order valence-corrected chi connectivity index (χ0v) is 18.2. The summed E-state index contributed by atoms with van der Waals surface area (Å²) in [6.45, 7) is 3.81. The summed E-state index contributed by atoms with van der Waals surface area (Å²) in [4.78, 5) is 33.5. The molecule has 2 aromatic carbocycles. The van der Waals surface area contributed by atoms with Crippen LogP contribution in [0, 0.1) is 0 Å². The lowest BCUT2D eigenvalue weighted by molar-refractivity contribution is 0.0280. The van der Waals surface area contributed by atoms with Crippen LogP contribution in [-0.2, 0) is 12.1 Å². The Morgan fingerprint density at radius 1 is 0.903 bits per heavy atom. The van der Waals surface area contributed by atoms with Gasteiger partial charge in [-0.05, 0) is 29.1 Å². The molecule has 3 aromatic rings. The summed E-state index contributed by atoms with van der Waals surface area (Å²) in [7, 11) is 1.60. The van der Waals surface area contributed by atoms with E-state index < -0.39 is 5.54 Å². The van der Waals surface area contributed by atoms with Gasteiger partial charge in [-0.2, -0.15) is 0 Å². The molecule has 1 saturated heterocycles. The standard InChI is InChI=1S/C25H24N2O3S/c1-30-19-7-4-6-18(16-19)25(23(28)21-9-2-3-10-22(21)24(25)29)27-13-11-26(12-14-27)17-20-8-5-15-31-20/h2-10,15-16H,11-14,17H2,1H3. The summed E-state index contributed by atoms with van der Waals surface area (Å²) in [6, 6.07) is 18.8. The van der Waals surface area contributed by atoms with Gasteiger partial charge in [0.15, 0.2) is 17.1 Å². The summed E-state index contributed by atoms with van der Waals surface area (Å²) < 4.78 is 5.42. The number of benzene rings is 2. The number of carbonyl (C=O) groups is 2. The topological polar surface area (TPSA) is 49.9 Å². The molecule has 0 spiro atoms. The van der Waals surface area contributed by atoms with E-state index in [4.69, 9.17) is 4.74 Å². The monoisotopic (exact) mass is 432 g/mol. The normalized spacial score (nSPS) is 18.9. The number of carbonyl (C=O) groups excluding carboxylic acids is 2. The van der Waals surface area contributed by atoms with Crippen LogP contribution in [0.25, 0.3) is 0 Å². The van der Waals surface area contributed by atoms with Crippen molar-refractivity contribution in [2.45, 2.75) is 12.1 Å². The van der Waals surface area contributed by atoms with Crippen LogP contribution < -0.4 is 4.74 Å². The second kappa shape index (κ2) is 8.04. The van der Waals surface area contributed by atoms with Gasteiger partial charge in [-0.3, -0.25) is 19.4 Å². The molecule has 0 radical (unpaired) electrons. The highest BCUT2D eigenvalue weighted by molar-refractivity contribution is 7.09. The molecular weight excluding hydrogens is 408 g/mol. The van der Waals surface area contributed by atoms with Gasteiger partial charge < -0.3 is 4.74 Å². The zero-order chi connectivity index (χ0) is 21.4. The second-order valence-electron chi connectivity index (χ2n) is 7.99. The quantitative estimate of drug-likeness (QED) is 0.573. The van der Waals surface area contributed by atoms with Crippen LogP contribution in [0.3, 0.4) is 0 Å². The first kappa shape index (κ1) is 20.1. The Morgan fingerprint density at radius 2 is 1.61 bits per heavy atom. The molecule has 2 heterocycles. The minimum absolute atomic E-state index is 0.131. The third-order valence-corrected chi connectivity index (χ3v) is 7.23. The number of hydrogen-bond donors (Lipinski definition) is 0. The Bertz CT molecular complexity index is 1080. The molecule has 0 unspecified atom stereocenters. The number of hydrogen-bond acceptors (Lipinski definition) is 6. The Labute approximate surface area is 185 Å². The molecule has 158 valence electrons. The average Bonchev–Trinajstić information content (AvgIpc) is 3.40. The van der Waals surface area contributed by atoms with E-state index in [0.29, 0.717) is 35.5 Å². The number of ketones is 2. The van der Waals surface area contributed by atoms with Gasteiger partial charge in [-0.15, -0.1) is 11.3 Å². The molecule has 1 aliphatic carbocycles. The smallest absolute Gasteiger partial charge is 0.196 e. The number of Topliss-reactive ketones (excluding diaryl/α,β-unsaturated/α-hetero) is 2. The van der Waals surface area contributed by atoms with Gasteiger partial charge in [0.05, 0.1) is 7.11 Å². The average molecular weight is 433 g/mol. The van der Waals surface area contributed by atoms with E-state index in [9.17, 15) is 9.59 Å². The van der Waals surface area contributed by atoms with Crippen LogP contribution >= 0.6 is 11.3 Å². The van der Waals surface area contributed by atoms with Gasteiger partial charge in [0.2, 0.25) is 0 Å². The molecule has 5 rings (SSSR count). The molecule has 31 heavy (non-hydrogen) atoms. The summed E-state index contributed by atoms with van der Waals surface area (Å²) in [6.07, 6.45) is 0. The van der Waals surface area contributed by atoms with E-state index >= 15 is 0 Å². The van der Waals surface area contributed by atoms with Crippen molar-refractivity contribution in [3.63, 3.8) is 0 Å². The maximum Gasteiger partial charge on any atom is 0.196 e. The minimum atomic E-state index is -1.33. The first-order valence-corrected chi connectivity index (χ1v) is 11.4. The maximum absolute atomic E-state index is 13.9. The van der Waals surface area contributed by atoms with Gasteiger partial charge in [-0.1, -0.05) is 42.5 Å². The molecule has 0 N–H and O–H groups in total. The number of nitrogens with zero attached hydrogens (tertiary/aromatic N) is 2. The number of ether oxygens (including phenoxy) is 1. The summed E-state index contributed by atoms with van der Waals surface area (Å²) in [5, 5.41) is 2.09. The molecule has 6 heteroatoms. The Morgan fingerprint density at radius 3 is 2.23 bits per heavy atom. The van der Waals surface area contributed by atoms with Crippen molar-refractivity contribution in [1.29, 1.82) is 0 Å². The van der Waals surface area contributed by atoms with Crippen LogP contribution in [0.2, 0.25) is 0 Å². The molecule has 5 nitrogen and oxygen atoms in total. The Kier molecular flexibility index (Phi) is 5.22. The number of fused-ring (bicyclic) bond motifs is 1. The predicted octanol–water partition coefficient (Wildman–Crippen LogP) is 3.85. The van der Waals surface area contributed by atoms with Crippen LogP contribution in [0.5, 0.6) is 5.75 Å². The van der Waals surface area contributed by atoms with Gasteiger partial charge in [0.1, 0.15) is 5.75 Å². The lowest BCUT2D eigenvalue weighted by atomic mass is 9.82. The van der Waals surface area contributed by atoms with Crippen molar-refractivity contribution in [3.05, 3.63) is 87.6 Å². The molecule has 0 bridgehead atoms. The largest absolute Gasteiger partial charge is 0.497 e. The fourth-order valence-corrected chi connectivity index (χ4v) is 5.56. The first-order chi connectivity index (χ1) is 15.1. The van der Waals surface area contributed by atoms with Crippen molar-refractivity contribution in [2.24, 2.45) is 0 Å². The summed E-state index contributed by atoms with van der Waals surface area (Å²) in [5.41, 5.74) is 0.380.